The Hall–Kier alpha value is -0.680. The minimum atomic E-state index is -0.0446. The third-order valence-corrected chi connectivity index (χ3v) is 5.90. The zero-order valence-electron chi connectivity index (χ0n) is 11.4. The van der Waals surface area contributed by atoms with Crippen LogP contribution in [0.4, 0.5) is 0 Å². The molecule has 0 unspecified atom stereocenters. The molecule has 1 fully saturated rings. The number of rotatable bonds is 6. The van der Waals surface area contributed by atoms with Gasteiger partial charge in [0.25, 0.3) is 5.91 Å². The van der Waals surface area contributed by atoms with Crippen LogP contribution in [0.3, 0.4) is 0 Å². The summed E-state index contributed by atoms with van der Waals surface area (Å²) < 4.78 is 0.266. The Balaban J connectivity index is 1.99. The first kappa shape index (κ1) is 14.7. The molecule has 1 amide bonds. The second kappa shape index (κ2) is 6.66. The molecule has 1 heterocycles. The standard InChI is InChI=1S/C14H20N2OS2/c1-3-19-11-6-4-9-15-12(11)13(17)16-10-14(18-2)7-5-8-14/h4,6,9H,3,5,7-8,10H2,1-2H3,(H,16,17). The van der Waals surface area contributed by atoms with Gasteiger partial charge in [0, 0.05) is 22.4 Å². The SMILES string of the molecule is CCSc1cccnc1C(=O)NCC1(SC)CCC1. The maximum Gasteiger partial charge on any atom is 0.271 e. The van der Waals surface area contributed by atoms with E-state index in [1.165, 1.54) is 19.3 Å². The van der Waals surface area contributed by atoms with Crippen LogP contribution in [0, 0.1) is 0 Å². The van der Waals surface area contributed by atoms with E-state index in [4.69, 9.17) is 0 Å². The second-order valence-corrected chi connectivity index (χ2v) is 7.29. The van der Waals surface area contributed by atoms with Crippen molar-refractivity contribution in [2.24, 2.45) is 0 Å². The van der Waals surface area contributed by atoms with Crippen molar-refractivity contribution in [3.63, 3.8) is 0 Å². The van der Waals surface area contributed by atoms with E-state index in [9.17, 15) is 4.79 Å². The van der Waals surface area contributed by atoms with Crippen LogP contribution in [0.25, 0.3) is 0 Å². The van der Waals surface area contributed by atoms with Crippen LogP contribution in [-0.4, -0.2) is 34.2 Å². The fourth-order valence-corrected chi connectivity index (χ4v) is 3.86. The number of nitrogens with zero attached hydrogens (tertiary/aromatic N) is 1. The van der Waals surface area contributed by atoms with Crippen LogP contribution in [0.15, 0.2) is 23.2 Å². The average Bonchev–Trinajstić information content (AvgIpc) is 2.39. The summed E-state index contributed by atoms with van der Waals surface area (Å²) in [4.78, 5) is 17.4. The van der Waals surface area contributed by atoms with E-state index in [2.05, 4.69) is 23.5 Å². The van der Waals surface area contributed by atoms with Crippen LogP contribution >= 0.6 is 23.5 Å². The minimum absolute atomic E-state index is 0.0446. The van der Waals surface area contributed by atoms with Gasteiger partial charge >= 0.3 is 0 Å². The summed E-state index contributed by atoms with van der Waals surface area (Å²) in [5.74, 6) is 0.901. The lowest BCUT2D eigenvalue weighted by Crippen LogP contribution is -2.45. The number of amides is 1. The summed E-state index contributed by atoms with van der Waals surface area (Å²) in [7, 11) is 0. The Labute approximate surface area is 123 Å². The maximum absolute atomic E-state index is 12.2. The average molecular weight is 296 g/mol. The third kappa shape index (κ3) is 3.45. The zero-order valence-corrected chi connectivity index (χ0v) is 13.1. The van der Waals surface area contributed by atoms with Gasteiger partial charge in [-0.2, -0.15) is 11.8 Å². The molecule has 0 atom stereocenters. The summed E-state index contributed by atoms with van der Waals surface area (Å²) in [6.45, 7) is 2.83. The molecule has 0 saturated heterocycles. The molecule has 0 aromatic carbocycles. The topological polar surface area (TPSA) is 42.0 Å². The molecule has 5 heteroatoms. The van der Waals surface area contributed by atoms with Crippen molar-refractivity contribution in [3.05, 3.63) is 24.0 Å². The Morgan fingerprint density at radius 1 is 1.53 bits per heavy atom. The molecule has 104 valence electrons. The predicted octanol–water partition coefficient (Wildman–Crippen LogP) is 3.21. The normalized spacial score (nSPS) is 16.7. The van der Waals surface area contributed by atoms with E-state index in [1.807, 2.05) is 23.9 Å². The molecule has 0 radical (unpaired) electrons. The van der Waals surface area contributed by atoms with Crippen molar-refractivity contribution in [1.82, 2.24) is 10.3 Å². The first-order valence-corrected chi connectivity index (χ1v) is 8.83. The van der Waals surface area contributed by atoms with Crippen LogP contribution < -0.4 is 5.32 Å². The number of hydrogen-bond acceptors (Lipinski definition) is 4. The van der Waals surface area contributed by atoms with E-state index in [-0.39, 0.29) is 10.7 Å². The summed E-state index contributed by atoms with van der Waals surface area (Å²) in [6, 6.07) is 3.84. The van der Waals surface area contributed by atoms with Gasteiger partial charge in [0.1, 0.15) is 5.69 Å². The Morgan fingerprint density at radius 2 is 2.32 bits per heavy atom. The van der Waals surface area contributed by atoms with Gasteiger partial charge in [0.15, 0.2) is 0 Å². The molecule has 0 aliphatic heterocycles. The highest BCUT2D eigenvalue weighted by atomic mass is 32.2. The fraction of sp³-hybridized carbons (Fsp3) is 0.571. The van der Waals surface area contributed by atoms with E-state index < -0.39 is 0 Å². The van der Waals surface area contributed by atoms with Crippen LogP contribution in [0.5, 0.6) is 0 Å². The Kier molecular flexibility index (Phi) is 5.16. The molecule has 0 bridgehead atoms. The predicted molar refractivity (Wildman–Crippen MR) is 83.1 cm³/mol. The fourth-order valence-electron chi connectivity index (χ4n) is 2.18. The number of thioether (sulfide) groups is 2. The molecule has 0 spiro atoms. The summed E-state index contributed by atoms with van der Waals surface area (Å²) in [5, 5.41) is 3.06. The number of carbonyl (C=O) groups is 1. The molecule has 1 aliphatic carbocycles. The highest BCUT2D eigenvalue weighted by Crippen LogP contribution is 2.42. The molecular weight excluding hydrogens is 276 g/mol. The van der Waals surface area contributed by atoms with Gasteiger partial charge in [-0.3, -0.25) is 4.79 Å². The summed E-state index contributed by atoms with van der Waals surface area (Å²) >= 11 is 3.53. The quantitative estimate of drug-likeness (QED) is 0.819. The lowest BCUT2D eigenvalue weighted by Gasteiger charge is -2.40. The number of nitrogens with one attached hydrogen (secondary N) is 1. The minimum Gasteiger partial charge on any atom is -0.349 e. The van der Waals surface area contributed by atoms with Crippen LogP contribution in [0.2, 0.25) is 0 Å². The van der Waals surface area contributed by atoms with Crippen molar-refractivity contribution in [3.8, 4) is 0 Å². The lowest BCUT2D eigenvalue weighted by atomic mass is 9.84. The number of aromatic nitrogens is 1. The van der Waals surface area contributed by atoms with Gasteiger partial charge < -0.3 is 5.32 Å². The molecule has 1 saturated carbocycles. The van der Waals surface area contributed by atoms with Crippen molar-refractivity contribution in [2.45, 2.75) is 35.8 Å². The van der Waals surface area contributed by atoms with Crippen molar-refractivity contribution in [2.75, 3.05) is 18.6 Å². The van der Waals surface area contributed by atoms with Crippen molar-refractivity contribution in [1.29, 1.82) is 0 Å². The monoisotopic (exact) mass is 296 g/mol. The molecule has 3 nitrogen and oxygen atoms in total. The molecule has 1 aromatic rings. The molecule has 19 heavy (non-hydrogen) atoms. The molecular formula is C14H20N2OS2. The van der Waals surface area contributed by atoms with Gasteiger partial charge in [0.2, 0.25) is 0 Å². The molecule has 1 aliphatic rings. The van der Waals surface area contributed by atoms with E-state index >= 15 is 0 Å². The van der Waals surface area contributed by atoms with Gasteiger partial charge in [-0.1, -0.05) is 13.3 Å². The van der Waals surface area contributed by atoms with Gasteiger partial charge in [0.05, 0.1) is 0 Å². The molecule has 1 N–H and O–H groups in total. The highest BCUT2D eigenvalue weighted by molar-refractivity contribution is 8.00. The zero-order chi connectivity index (χ0) is 13.7. The second-order valence-electron chi connectivity index (χ2n) is 4.71. The molecule has 1 aromatic heterocycles. The summed E-state index contributed by atoms with van der Waals surface area (Å²) in [6.07, 6.45) is 7.49. The van der Waals surface area contributed by atoms with Crippen molar-refractivity contribution >= 4 is 29.4 Å². The largest absolute Gasteiger partial charge is 0.349 e. The first-order valence-electron chi connectivity index (χ1n) is 6.62. The number of hydrogen-bond donors (Lipinski definition) is 1. The Bertz CT molecular complexity index is 441. The first-order chi connectivity index (χ1) is 9.21. The van der Waals surface area contributed by atoms with Crippen LogP contribution in [-0.2, 0) is 0 Å². The lowest BCUT2D eigenvalue weighted by molar-refractivity contribution is 0.0935. The van der Waals surface area contributed by atoms with E-state index in [0.29, 0.717) is 5.69 Å². The number of pyridine rings is 1. The Morgan fingerprint density at radius 3 is 2.89 bits per heavy atom. The highest BCUT2D eigenvalue weighted by Gasteiger charge is 2.36. The van der Waals surface area contributed by atoms with E-state index in [1.54, 1.807) is 18.0 Å². The van der Waals surface area contributed by atoms with Crippen LogP contribution in [0.1, 0.15) is 36.7 Å². The van der Waals surface area contributed by atoms with Gasteiger partial charge in [-0.15, -0.1) is 11.8 Å². The van der Waals surface area contributed by atoms with Gasteiger partial charge in [-0.05, 0) is 37.0 Å². The van der Waals surface area contributed by atoms with E-state index in [0.717, 1.165) is 17.2 Å². The number of carbonyl (C=O) groups excluding carboxylic acids is 1. The maximum atomic E-state index is 12.2. The summed E-state index contributed by atoms with van der Waals surface area (Å²) in [5.41, 5.74) is 0.560. The smallest absolute Gasteiger partial charge is 0.271 e. The van der Waals surface area contributed by atoms with Gasteiger partial charge in [-0.25, -0.2) is 4.98 Å². The van der Waals surface area contributed by atoms with Crippen molar-refractivity contribution < 1.29 is 4.79 Å². The molecule has 2 rings (SSSR count). The third-order valence-electron chi connectivity index (χ3n) is 3.55.